The van der Waals surface area contributed by atoms with E-state index < -0.39 is 0 Å². The summed E-state index contributed by atoms with van der Waals surface area (Å²) >= 11 is 7.01. The van der Waals surface area contributed by atoms with Gasteiger partial charge < -0.3 is 0 Å². The van der Waals surface area contributed by atoms with Gasteiger partial charge in [-0.2, -0.15) is 0 Å². The molecule has 1 aromatic heterocycles. The van der Waals surface area contributed by atoms with E-state index in [4.69, 9.17) is 16.6 Å². The van der Waals surface area contributed by atoms with Gasteiger partial charge in [0.25, 0.3) is 0 Å². The Morgan fingerprint density at radius 2 is 0.902 bits per heavy atom. The summed E-state index contributed by atoms with van der Waals surface area (Å²) in [5.74, 6) is -0.143. The largest absolute Gasteiger partial charge is 0.255 e. The van der Waals surface area contributed by atoms with E-state index >= 15 is 0 Å². The average Bonchev–Trinajstić information content (AvgIpc) is 3.03. The van der Waals surface area contributed by atoms with Crippen molar-refractivity contribution in [2.75, 3.05) is 0 Å². The number of aliphatic imine (C=N–C) groups is 1. The first-order valence-corrected chi connectivity index (χ1v) is 14.1. The van der Waals surface area contributed by atoms with E-state index in [1.807, 2.05) is 24.4 Å². The van der Waals surface area contributed by atoms with E-state index in [0.717, 1.165) is 22.5 Å². The molecule has 2 nitrogen and oxygen atoms in total. The third-order valence-electron chi connectivity index (χ3n) is 7.30. The van der Waals surface area contributed by atoms with Crippen LogP contribution in [0.25, 0.3) is 0 Å². The fraction of sp³-hybridized carbons (Fsp3) is 0.0526. The molecule has 0 radical (unpaired) electrons. The lowest BCUT2D eigenvalue weighted by atomic mass is 9.79. The second-order valence-electron chi connectivity index (χ2n) is 9.95. The third kappa shape index (κ3) is 6.04. The molecule has 41 heavy (non-hydrogen) atoms. The summed E-state index contributed by atoms with van der Waals surface area (Å²) in [6, 6.07) is 52.3. The minimum absolute atomic E-state index is 0.0714. The molecule has 198 valence electrons. The Kier molecular flexibility index (Phi) is 8.12. The molecule has 0 saturated carbocycles. The smallest absolute Gasteiger partial charge is 0.0812 e. The first kappa shape index (κ1) is 26.4. The minimum Gasteiger partial charge on any atom is -0.255 e. The molecule has 0 amide bonds. The molecule has 0 aliphatic carbocycles. The number of halogens is 1. The van der Waals surface area contributed by atoms with Crippen molar-refractivity contribution in [3.63, 3.8) is 0 Å². The second kappa shape index (κ2) is 12.6. The van der Waals surface area contributed by atoms with E-state index in [1.54, 1.807) is 6.20 Å². The maximum Gasteiger partial charge on any atom is 0.0812 e. The highest BCUT2D eigenvalue weighted by atomic mass is 35.5. The van der Waals surface area contributed by atoms with Crippen molar-refractivity contribution < 1.29 is 0 Å². The van der Waals surface area contributed by atoms with Crippen LogP contribution in [0.3, 0.4) is 0 Å². The molecule has 0 bridgehead atoms. The predicted molar refractivity (Wildman–Crippen MR) is 171 cm³/mol. The van der Waals surface area contributed by atoms with Crippen molar-refractivity contribution in [3.05, 3.63) is 202 Å². The van der Waals surface area contributed by atoms with Crippen LogP contribution in [-0.4, -0.2) is 11.2 Å². The quantitative estimate of drug-likeness (QED) is 0.137. The Morgan fingerprint density at radius 1 is 0.512 bits per heavy atom. The van der Waals surface area contributed by atoms with Crippen LogP contribution in [0.5, 0.6) is 0 Å². The highest BCUT2D eigenvalue weighted by Gasteiger charge is 2.27. The maximum atomic E-state index is 7.01. The molecule has 6 aromatic rings. The topological polar surface area (TPSA) is 25.2 Å². The molecule has 5 aromatic carbocycles. The minimum atomic E-state index is -0.0714. The molecule has 0 spiro atoms. The van der Waals surface area contributed by atoms with Crippen LogP contribution >= 0.6 is 11.6 Å². The van der Waals surface area contributed by atoms with Gasteiger partial charge in [-0.25, -0.2) is 0 Å². The van der Waals surface area contributed by atoms with E-state index in [0.29, 0.717) is 5.02 Å². The molecule has 1 heterocycles. The van der Waals surface area contributed by atoms with Gasteiger partial charge in [-0.1, -0.05) is 139 Å². The summed E-state index contributed by atoms with van der Waals surface area (Å²) < 4.78 is 0. The van der Waals surface area contributed by atoms with Crippen LogP contribution in [-0.2, 0) is 0 Å². The fourth-order valence-electron chi connectivity index (χ4n) is 5.50. The standard InChI is InChI=1S/C38H29ClN2/c39-32-25-34(36(28-15-5-1-6-16-28)29-17-7-2-8-18-29)38(41-27-33-23-13-14-24-40-33)35(26-32)37(30-19-9-3-10-20-30)31-21-11-4-12-22-31/h1-27,36-37H. The Bertz CT molecular complexity index is 1540. The van der Waals surface area contributed by atoms with E-state index in [-0.39, 0.29) is 11.8 Å². The number of rotatable bonds is 8. The predicted octanol–water partition coefficient (Wildman–Crippen LogP) is 9.85. The summed E-state index contributed by atoms with van der Waals surface area (Å²) in [5, 5.41) is 0.681. The van der Waals surface area contributed by atoms with Crippen LogP contribution in [0, 0.1) is 0 Å². The van der Waals surface area contributed by atoms with Crippen LogP contribution in [0.1, 0.15) is 50.9 Å². The average molecular weight is 549 g/mol. The van der Waals surface area contributed by atoms with Crippen LogP contribution in [0.4, 0.5) is 5.69 Å². The van der Waals surface area contributed by atoms with Crippen molar-refractivity contribution >= 4 is 23.5 Å². The molecule has 0 saturated heterocycles. The van der Waals surface area contributed by atoms with Crippen molar-refractivity contribution in [2.24, 2.45) is 4.99 Å². The first-order chi connectivity index (χ1) is 20.3. The lowest BCUT2D eigenvalue weighted by Crippen LogP contribution is -2.09. The number of hydrogen-bond acceptors (Lipinski definition) is 2. The Labute approximate surface area is 246 Å². The molecular weight excluding hydrogens is 520 g/mol. The number of benzene rings is 5. The summed E-state index contributed by atoms with van der Waals surface area (Å²) in [5.41, 5.74) is 8.51. The molecule has 0 N–H and O–H groups in total. The monoisotopic (exact) mass is 548 g/mol. The van der Waals surface area contributed by atoms with Gasteiger partial charge in [0.05, 0.1) is 17.6 Å². The molecule has 0 fully saturated rings. The molecule has 0 unspecified atom stereocenters. The van der Waals surface area contributed by atoms with Gasteiger partial charge >= 0.3 is 0 Å². The van der Waals surface area contributed by atoms with E-state index in [2.05, 4.69) is 138 Å². The first-order valence-electron chi connectivity index (χ1n) is 13.8. The van der Waals surface area contributed by atoms with Gasteiger partial charge in [0.15, 0.2) is 0 Å². The van der Waals surface area contributed by atoms with Gasteiger partial charge in [-0.05, 0) is 57.6 Å². The van der Waals surface area contributed by atoms with Gasteiger partial charge in [0.2, 0.25) is 0 Å². The maximum absolute atomic E-state index is 7.01. The van der Waals surface area contributed by atoms with Gasteiger partial charge in [-0.3, -0.25) is 9.98 Å². The van der Waals surface area contributed by atoms with Crippen LogP contribution in [0.2, 0.25) is 5.02 Å². The number of aromatic nitrogens is 1. The molecule has 3 heteroatoms. The van der Waals surface area contributed by atoms with Crippen molar-refractivity contribution in [2.45, 2.75) is 11.8 Å². The van der Waals surface area contributed by atoms with Gasteiger partial charge in [0, 0.05) is 23.1 Å². The Balaban J connectivity index is 1.66. The van der Waals surface area contributed by atoms with Gasteiger partial charge in [0.1, 0.15) is 0 Å². The summed E-state index contributed by atoms with van der Waals surface area (Å²) in [7, 11) is 0. The molecule has 6 rings (SSSR count). The number of hydrogen-bond donors (Lipinski definition) is 0. The molecular formula is C38H29ClN2. The number of pyridine rings is 1. The van der Waals surface area contributed by atoms with Crippen molar-refractivity contribution in [1.82, 2.24) is 4.98 Å². The summed E-state index contributed by atoms with van der Waals surface area (Å²) in [4.78, 5) is 9.73. The molecule has 0 aliphatic heterocycles. The summed E-state index contributed by atoms with van der Waals surface area (Å²) in [6.07, 6.45) is 3.65. The zero-order valence-corrected chi connectivity index (χ0v) is 23.3. The van der Waals surface area contributed by atoms with Gasteiger partial charge in [-0.15, -0.1) is 0 Å². The lowest BCUT2D eigenvalue weighted by molar-refractivity contribution is 0.939. The zero-order valence-electron chi connectivity index (χ0n) is 22.5. The SMILES string of the molecule is Clc1cc(C(c2ccccc2)c2ccccc2)c(N=Cc2ccccn2)c(C(c2ccccc2)c2ccccc2)c1. The van der Waals surface area contributed by atoms with Crippen molar-refractivity contribution in [3.8, 4) is 0 Å². The number of nitrogens with zero attached hydrogens (tertiary/aromatic N) is 2. The van der Waals surface area contributed by atoms with Crippen LogP contribution in [0.15, 0.2) is 163 Å². The van der Waals surface area contributed by atoms with E-state index in [9.17, 15) is 0 Å². The normalized spacial score (nSPS) is 11.4. The molecule has 0 aliphatic rings. The zero-order chi connectivity index (χ0) is 27.9. The lowest BCUT2D eigenvalue weighted by Gasteiger charge is -2.26. The van der Waals surface area contributed by atoms with Crippen molar-refractivity contribution in [1.29, 1.82) is 0 Å². The highest BCUT2D eigenvalue weighted by molar-refractivity contribution is 6.30. The van der Waals surface area contributed by atoms with E-state index in [1.165, 1.54) is 22.3 Å². The second-order valence-corrected chi connectivity index (χ2v) is 10.4. The van der Waals surface area contributed by atoms with Crippen LogP contribution < -0.4 is 0 Å². The summed E-state index contributed by atoms with van der Waals surface area (Å²) in [6.45, 7) is 0. The highest BCUT2D eigenvalue weighted by Crippen LogP contribution is 2.46. The molecule has 0 atom stereocenters. The third-order valence-corrected chi connectivity index (χ3v) is 7.52. The fourth-order valence-corrected chi connectivity index (χ4v) is 5.73. The Morgan fingerprint density at radius 3 is 1.27 bits per heavy atom. The Hall–Kier alpha value is -4.79.